The van der Waals surface area contributed by atoms with Gasteiger partial charge in [0.05, 0.1) is 28.4 Å². The fraction of sp³-hybridized carbons (Fsp3) is 0.0833. The molecule has 2 aromatic rings. The predicted octanol–water partition coefficient (Wildman–Crippen LogP) is 3.10. The molecular formula is C12H10Cl2N2O2. The number of nitrogen functional groups attached to an aromatic ring is 1. The number of carbonyl (C=O) groups is 1. The van der Waals surface area contributed by atoms with Crippen LogP contribution in [0.4, 0.5) is 5.69 Å². The van der Waals surface area contributed by atoms with E-state index in [1.807, 2.05) is 0 Å². The van der Waals surface area contributed by atoms with Gasteiger partial charge >= 0.3 is 0 Å². The summed E-state index contributed by atoms with van der Waals surface area (Å²) in [5, 5.41) is 3.10. The monoisotopic (exact) mass is 284 g/mol. The van der Waals surface area contributed by atoms with Gasteiger partial charge in [-0.1, -0.05) is 23.2 Å². The van der Waals surface area contributed by atoms with E-state index in [1.165, 1.54) is 18.4 Å². The van der Waals surface area contributed by atoms with Crippen molar-refractivity contribution in [2.75, 3.05) is 5.73 Å². The van der Waals surface area contributed by atoms with Crippen LogP contribution in [0.25, 0.3) is 0 Å². The lowest BCUT2D eigenvalue weighted by Crippen LogP contribution is -2.23. The Labute approximate surface area is 114 Å². The number of nitrogens with one attached hydrogen (secondary N) is 1. The number of hydrogen-bond acceptors (Lipinski definition) is 3. The molecule has 0 saturated carbocycles. The third-order valence-corrected chi connectivity index (χ3v) is 3.10. The van der Waals surface area contributed by atoms with Crippen LogP contribution in [-0.4, -0.2) is 5.91 Å². The number of carbonyl (C=O) groups excluding carboxylic acids is 1. The quantitative estimate of drug-likeness (QED) is 0.851. The maximum absolute atomic E-state index is 11.9. The molecule has 0 aliphatic heterocycles. The normalized spacial score (nSPS) is 10.3. The van der Waals surface area contributed by atoms with E-state index in [0.29, 0.717) is 11.4 Å². The second kappa shape index (κ2) is 5.33. The van der Waals surface area contributed by atoms with Crippen molar-refractivity contribution in [2.24, 2.45) is 0 Å². The summed E-state index contributed by atoms with van der Waals surface area (Å²) < 4.78 is 5.10. The van der Waals surface area contributed by atoms with Crippen molar-refractivity contribution in [1.29, 1.82) is 0 Å². The molecule has 4 nitrogen and oxygen atoms in total. The van der Waals surface area contributed by atoms with Crippen LogP contribution in [0.15, 0.2) is 34.9 Å². The molecule has 94 valence electrons. The summed E-state index contributed by atoms with van der Waals surface area (Å²) in [6.07, 6.45) is 1.53. The molecule has 1 amide bonds. The first kappa shape index (κ1) is 12.8. The zero-order chi connectivity index (χ0) is 13.1. The Morgan fingerprint density at radius 2 is 2.17 bits per heavy atom. The number of anilines is 1. The molecule has 0 atom stereocenters. The first-order chi connectivity index (χ1) is 8.58. The van der Waals surface area contributed by atoms with Crippen LogP contribution in [0.1, 0.15) is 16.1 Å². The van der Waals surface area contributed by atoms with Crippen LogP contribution in [0.3, 0.4) is 0 Å². The van der Waals surface area contributed by atoms with Crippen LogP contribution in [0.5, 0.6) is 0 Å². The highest BCUT2D eigenvalue weighted by Crippen LogP contribution is 2.28. The molecule has 1 heterocycles. The summed E-state index contributed by atoms with van der Waals surface area (Å²) in [4.78, 5) is 11.9. The molecule has 0 spiro atoms. The molecule has 0 aliphatic rings. The van der Waals surface area contributed by atoms with Gasteiger partial charge in [0, 0.05) is 5.69 Å². The Hall–Kier alpha value is -1.65. The summed E-state index contributed by atoms with van der Waals surface area (Å²) >= 11 is 11.8. The summed E-state index contributed by atoms with van der Waals surface area (Å²) in [6.45, 7) is 0.272. The van der Waals surface area contributed by atoms with E-state index in [2.05, 4.69) is 5.32 Å². The Morgan fingerprint density at radius 1 is 1.39 bits per heavy atom. The standard InChI is InChI=1S/C12H10Cl2N2O2/c13-10-5-7(15)4-9(11(10)14)12(17)16-6-8-2-1-3-18-8/h1-5H,6,15H2,(H,16,17). The Balaban J connectivity index is 2.14. The van der Waals surface area contributed by atoms with Gasteiger partial charge in [-0.25, -0.2) is 0 Å². The number of hydrogen-bond donors (Lipinski definition) is 2. The lowest BCUT2D eigenvalue weighted by molar-refractivity contribution is 0.0948. The van der Waals surface area contributed by atoms with Crippen molar-refractivity contribution in [1.82, 2.24) is 5.32 Å². The minimum atomic E-state index is -0.356. The number of rotatable bonds is 3. The van der Waals surface area contributed by atoms with Crippen LogP contribution >= 0.6 is 23.2 Å². The lowest BCUT2D eigenvalue weighted by atomic mass is 10.2. The Kier molecular flexibility index (Phi) is 3.79. The predicted molar refractivity (Wildman–Crippen MR) is 70.8 cm³/mol. The number of halogens is 2. The average molecular weight is 285 g/mol. The van der Waals surface area contributed by atoms with E-state index >= 15 is 0 Å². The Bertz CT molecular complexity index is 568. The van der Waals surface area contributed by atoms with Crippen molar-refractivity contribution < 1.29 is 9.21 Å². The third kappa shape index (κ3) is 2.78. The van der Waals surface area contributed by atoms with E-state index in [9.17, 15) is 4.79 Å². The first-order valence-corrected chi connectivity index (χ1v) is 5.88. The molecule has 2 rings (SSSR count). The van der Waals surface area contributed by atoms with Gasteiger partial charge in [-0.2, -0.15) is 0 Å². The van der Waals surface area contributed by atoms with E-state index in [4.69, 9.17) is 33.4 Å². The highest BCUT2D eigenvalue weighted by atomic mass is 35.5. The number of furan rings is 1. The van der Waals surface area contributed by atoms with Crippen molar-refractivity contribution in [3.63, 3.8) is 0 Å². The van der Waals surface area contributed by atoms with Crippen molar-refractivity contribution in [3.05, 3.63) is 51.9 Å². The first-order valence-electron chi connectivity index (χ1n) is 5.13. The van der Waals surface area contributed by atoms with Gasteiger partial charge in [0.25, 0.3) is 5.91 Å². The summed E-state index contributed by atoms with van der Waals surface area (Å²) in [7, 11) is 0. The molecular weight excluding hydrogens is 275 g/mol. The van der Waals surface area contributed by atoms with Crippen molar-refractivity contribution in [2.45, 2.75) is 6.54 Å². The van der Waals surface area contributed by atoms with Gasteiger partial charge in [-0.15, -0.1) is 0 Å². The maximum atomic E-state index is 11.9. The summed E-state index contributed by atoms with van der Waals surface area (Å²) in [5.74, 6) is 0.292. The highest BCUT2D eigenvalue weighted by Gasteiger charge is 2.14. The van der Waals surface area contributed by atoms with Gasteiger partial charge in [-0.05, 0) is 24.3 Å². The molecule has 6 heteroatoms. The third-order valence-electron chi connectivity index (χ3n) is 2.30. The van der Waals surface area contributed by atoms with E-state index in [-0.39, 0.29) is 28.1 Å². The second-order valence-corrected chi connectivity index (χ2v) is 4.41. The summed E-state index contributed by atoms with van der Waals surface area (Å²) in [5.41, 5.74) is 6.24. The van der Waals surface area contributed by atoms with E-state index in [0.717, 1.165) is 0 Å². The molecule has 0 unspecified atom stereocenters. The van der Waals surface area contributed by atoms with Gasteiger partial charge in [0.15, 0.2) is 0 Å². The zero-order valence-corrected chi connectivity index (χ0v) is 10.8. The highest BCUT2D eigenvalue weighted by molar-refractivity contribution is 6.44. The number of amides is 1. The van der Waals surface area contributed by atoms with Gasteiger partial charge < -0.3 is 15.5 Å². The second-order valence-electron chi connectivity index (χ2n) is 3.63. The minimum absolute atomic E-state index is 0.183. The summed E-state index contributed by atoms with van der Waals surface area (Å²) in [6, 6.07) is 6.47. The molecule has 3 N–H and O–H groups in total. The molecule has 1 aromatic carbocycles. The SMILES string of the molecule is Nc1cc(Cl)c(Cl)c(C(=O)NCc2ccco2)c1. The van der Waals surface area contributed by atoms with Gasteiger partial charge in [0.1, 0.15) is 5.76 Å². The lowest BCUT2D eigenvalue weighted by Gasteiger charge is -2.07. The molecule has 0 aliphatic carbocycles. The van der Waals surface area contributed by atoms with Crippen LogP contribution in [0.2, 0.25) is 10.0 Å². The smallest absolute Gasteiger partial charge is 0.253 e. The Morgan fingerprint density at radius 3 is 2.83 bits per heavy atom. The van der Waals surface area contributed by atoms with Crippen molar-refractivity contribution >= 4 is 34.8 Å². The molecule has 18 heavy (non-hydrogen) atoms. The van der Waals surface area contributed by atoms with Crippen LogP contribution in [0, 0.1) is 0 Å². The molecule has 0 bridgehead atoms. The van der Waals surface area contributed by atoms with Crippen molar-refractivity contribution in [3.8, 4) is 0 Å². The van der Waals surface area contributed by atoms with Crippen LogP contribution in [-0.2, 0) is 6.54 Å². The fourth-order valence-electron chi connectivity index (χ4n) is 1.45. The number of nitrogens with two attached hydrogens (primary N) is 1. The molecule has 1 aromatic heterocycles. The minimum Gasteiger partial charge on any atom is -0.467 e. The maximum Gasteiger partial charge on any atom is 0.253 e. The molecule has 0 saturated heterocycles. The molecule has 0 fully saturated rings. The number of benzene rings is 1. The fourth-order valence-corrected chi connectivity index (χ4v) is 1.87. The topological polar surface area (TPSA) is 68.3 Å². The zero-order valence-electron chi connectivity index (χ0n) is 9.24. The van der Waals surface area contributed by atoms with Gasteiger partial charge in [-0.3, -0.25) is 4.79 Å². The molecule has 0 radical (unpaired) electrons. The van der Waals surface area contributed by atoms with Crippen LogP contribution < -0.4 is 11.1 Å². The van der Waals surface area contributed by atoms with E-state index < -0.39 is 0 Å². The van der Waals surface area contributed by atoms with Gasteiger partial charge in [0.2, 0.25) is 0 Å². The van der Waals surface area contributed by atoms with E-state index in [1.54, 1.807) is 12.1 Å². The largest absolute Gasteiger partial charge is 0.467 e. The average Bonchev–Trinajstić information content (AvgIpc) is 2.83.